The summed E-state index contributed by atoms with van der Waals surface area (Å²) in [6, 6.07) is 6.45. The molecule has 2 N–H and O–H groups in total. The van der Waals surface area contributed by atoms with E-state index >= 15 is 0 Å². The summed E-state index contributed by atoms with van der Waals surface area (Å²) in [7, 11) is 0. The average Bonchev–Trinajstić information content (AvgIpc) is 2.99. The van der Waals surface area contributed by atoms with Crippen LogP contribution in [0.2, 0.25) is 0 Å². The van der Waals surface area contributed by atoms with Crippen LogP contribution in [0.4, 0.5) is 0 Å². The molecule has 0 bridgehead atoms. The maximum Gasteiger partial charge on any atom is 0.255 e. The number of fused-ring (bicyclic) bond motifs is 1. The molecule has 2 fully saturated rings. The first-order valence-corrected chi connectivity index (χ1v) is 9.62. The van der Waals surface area contributed by atoms with Gasteiger partial charge in [0.2, 0.25) is 5.91 Å². The van der Waals surface area contributed by atoms with Crippen molar-refractivity contribution in [1.29, 1.82) is 0 Å². The van der Waals surface area contributed by atoms with Gasteiger partial charge in [0.05, 0.1) is 11.1 Å². The maximum atomic E-state index is 12.9. The number of nitrogens with two attached hydrogens (primary N) is 1. The van der Waals surface area contributed by atoms with E-state index in [9.17, 15) is 9.59 Å². The monoisotopic (exact) mass is 341 g/mol. The minimum Gasteiger partial charge on any atom is -0.366 e. The van der Waals surface area contributed by atoms with Crippen molar-refractivity contribution < 1.29 is 9.59 Å². The molecule has 134 valence electrons. The van der Waals surface area contributed by atoms with Crippen molar-refractivity contribution in [2.24, 2.45) is 5.73 Å². The molecule has 1 aromatic carbocycles. The fourth-order valence-electron chi connectivity index (χ4n) is 4.89. The first-order valence-electron chi connectivity index (χ1n) is 9.62. The van der Waals surface area contributed by atoms with Crippen LogP contribution in [0, 0.1) is 0 Å². The molecule has 2 aliphatic heterocycles. The quantitative estimate of drug-likeness (QED) is 0.919. The number of carbonyl (C=O) groups excluding carboxylic acids is 2. The van der Waals surface area contributed by atoms with E-state index in [1.54, 1.807) is 6.07 Å². The minimum atomic E-state index is -0.515. The number of hydrogen-bond donors (Lipinski definition) is 1. The number of amides is 2. The Labute approximate surface area is 149 Å². The normalized spacial score (nSPS) is 23.0. The Morgan fingerprint density at radius 1 is 1.00 bits per heavy atom. The van der Waals surface area contributed by atoms with Gasteiger partial charge in [-0.05, 0) is 37.3 Å². The molecule has 5 nitrogen and oxygen atoms in total. The number of benzene rings is 1. The van der Waals surface area contributed by atoms with Crippen LogP contribution in [-0.4, -0.2) is 46.8 Å². The number of carbonyl (C=O) groups is 2. The third-order valence-corrected chi connectivity index (χ3v) is 6.26. The van der Waals surface area contributed by atoms with Crippen molar-refractivity contribution in [2.45, 2.75) is 63.6 Å². The Morgan fingerprint density at radius 2 is 1.72 bits per heavy atom. The van der Waals surface area contributed by atoms with Crippen LogP contribution in [0.3, 0.4) is 0 Å². The number of hydrogen-bond acceptors (Lipinski definition) is 3. The van der Waals surface area contributed by atoms with E-state index in [0.717, 1.165) is 37.5 Å². The summed E-state index contributed by atoms with van der Waals surface area (Å²) in [6.45, 7) is 2.78. The SMILES string of the molecule is NC(=O)c1cccc2c1C(=O)N(C1CCN(C3CCCCC3)CC1)C2. The fourth-order valence-corrected chi connectivity index (χ4v) is 4.89. The molecule has 2 amide bonds. The predicted octanol–water partition coefficient (Wildman–Crippen LogP) is 2.54. The molecular formula is C20H27N3O2. The standard InChI is InChI=1S/C20H27N3O2/c21-19(24)17-8-4-5-14-13-23(20(25)18(14)17)16-9-11-22(12-10-16)15-6-2-1-3-7-15/h4-5,8,15-16H,1-3,6-7,9-13H2,(H2,21,24). The third-order valence-electron chi connectivity index (χ3n) is 6.26. The molecule has 0 aromatic heterocycles. The van der Waals surface area contributed by atoms with Gasteiger partial charge >= 0.3 is 0 Å². The van der Waals surface area contributed by atoms with E-state index in [0.29, 0.717) is 17.7 Å². The lowest BCUT2D eigenvalue weighted by atomic mass is 9.92. The molecule has 1 saturated heterocycles. The molecule has 1 aliphatic carbocycles. The Kier molecular flexibility index (Phi) is 4.50. The van der Waals surface area contributed by atoms with E-state index in [2.05, 4.69) is 4.90 Å². The Hall–Kier alpha value is -1.88. The average molecular weight is 341 g/mol. The van der Waals surface area contributed by atoms with Crippen LogP contribution >= 0.6 is 0 Å². The first kappa shape index (κ1) is 16.6. The zero-order valence-corrected chi connectivity index (χ0v) is 14.7. The summed E-state index contributed by atoms with van der Waals surface area (Å²) in [5.74, 6) is -0.528. The Morgan fingerprint density at radius 3 is 2.40 bits per heavy atom. The van der Waals surface area contributed by atoms with E-state index in [4.69, 9.17) is 5.73 Å². The van der Waals surface area contributed by atoms with Crippen LogP contribution in [-0.2, 0) is 6.54 Å². The first-order chi connectivity index (χ1) is 12.1. The van der Waals surface area contributed by atoms with Gasteiger partial charge < -0.3 is 15.5 Å². The second-order valence-corrected chi connectivity index (χ2v) is 7.70. The van der Waals surface area contributed by atoms with Crippen LogP contribution in [0.15, 0.2) is 18.2 Å². The third kappa shape index (κ3) is 3.06. The summed E-state index contributed by atoms with van der Waals surface area (Å²) in [5, 5.41) is 0. The number of piperidine rings is 1. The van der Waals surface area contributed by atoms with Gasteiger partial charge in [0.25, 0.3) is 5.91 Å². The van der Waals surface area contributed by atoms with Crippen molar-refractivity contribution in [3.8, 4) is 0 Å². The predicted molar refractivity (Wildman–Crippen MR) is 96.3 cm³/mol. The minimum absolute atomic E-state index is 0.0134. The molecular weight excluding hydrogens is 314 g/mol. The second-order valence-electron chi connectivity index (χ2n) is 7.70. The van der Waals surface area contributed by atoms with Gasteiger partial charge in [0.1, 0.15) is 0 Å². The molecule has 2 heterocycles. The maximum absolute atomic E-state index is 12.9. The fraction of sp³-hybridized carbons (Fsp3) is 0.600. The van der Waals surface area contributed by atoms with Crippen molar-refractivity contribution >= 4 is 11.8 Å². The molecule has 3 aliphatic rings. The number of primary amides is 1. The molecule has 5 heteroatoms. The zero-order valence-electron chi connectivity index (χ0n) is 14.7. The molecule has 1 saturated carbocycles. The topological polar surface area (TPSA) is 66.6 Å². The van der Waals surface area contributed by atoms with E-state index in [-0.39, 0.29) is 11.9 Å². The van der Waals surface area contributed by atoms with Crippen LogP contribution in [0.1, 0.15) is 71.2 Å². The molecule has 1 aromatic rings. The summed E-state index contributed by atoms with van der Waals surface area (Å²) < 4.78 is 0. The van der Waals surface area contributed by atoms with Gasteiger partial charge in [-0.25, -0.2) is 0 Å². The summed E-state index contributed by atoms with van der Waals surface area (Å²) in [4.78, 5) is 29.2. The highest BCUT2D eigenvalue weighted by Gasteiger charge is 2.37. The molecule has 0 spiro atoms. The van der Waals surface area contributed by atoms with E-state index in [1.165, 1.54) is 32.1 Å². The van der Waals surface area contributed by atoms with E-state index in [1.807, 2.05) is 17.0 Å². The van der Waals surface area contributed by atoms with Crippen molar-refractivity contribution in [3.05, 3.63) is 34.9 Å². The number of likely N-dealkylation sites (tertiary alicyclic amines) is 1. The van der Waals surface area contributed by atoms with Gasteiger partial charge in [0, 0.05) is 31.7 Å². The van der Waals surface area contributed by atoms with Crippen molar-refractivity contribution in [3.63, 3.8) is 0 Å². The van der Waals surface area contributed by atoms with Crippen LogP contribution in [0.5, 0.6) is 0 Å². The van der Waals surface area contributed by atoms with Crippen LogP contribution < -0.4 is 5.73 Å². The molecule has 0 radical (unpaired) electrons. The van der Waals surface area contributed by atoms with Gasteiger partial charge in [-0.3, -0.25) is 9.59 Å². The van der Waals surface area contributed by atoms with Gasteiger partial charge in [0.15, 0.2) is 0 Å². The molecule has 0 unspecified atom stereocenters. The number of nitrogens with zero attached hydrogens (tertiary/aromatic N) is 2. The van der Waals surface area contributed by atoms with Gasteiger partial charge in [-0.15, -0.1) is 0 Å². The second kappa shape index (κ2) is 6.79. The lowest BCUT2D eigenvalue weighted by Gasteiger charge is -2.41. The van der Waals surface area contributed by atoms with Gasteiger partial charge in [-0.1, -0.05) is 31.4 Å². The summed E-state index contributed by atoms with van der Waals surface area (Å²) >= 11 is 0. The molecule has 25 heavy (non-hydrogen) atoms. The lowest BCUT2D eigenvalue weighted by Crippen LogP contribution is -2.48. The molecule has 4 rings (SSSR count). The van der Waals surface area contributed by atoms with E-state index < -0.39 is 5.91 Å². The summed E-state index contributed by atoms with van der Waals surface area (Å²) in [5.41, 5.74) is 7.30. The smallest absolute Gasteiger partial charge is 0.255 e. The van der Waals surface area contributed by atoms with Gasteiger partial charge in [-0.2, -0.15) is 0 Å². The number of rotatable bonds is 3. The largest absolute Gasteiger partial charge is 0.366 e. The zero-order chi connectivity index (χ0) is 17.4. The Bertz CT molecular complexity index is 674. The van der Waals surface area contributed by atoms with Crippen molar-refractivity contribution in [1.82, 2.24) is 9.80 Å². The highest BCUT2D eigenvalue weighted by atomic mass is 16.2. The highest BCUT2D eigenvalue weighted by Crippen LogP contribution is 2.32. The van der Waals surface area contributed by atoms with Crippen LogP contribution in [0.25, 0.3) is 0 Å². The summed E-state index contributed by atoms with van der Waals surface area (Å²) in [6.07, 6.45) is 8.84. The Balaban J connectivity index is 1.43. The molecule has 0 atom stereocenters. The van der Waals surface area contributed by atoms with Crippen molar-refractivity contribution in [2.75, 3.05) is 13.1 Å². The lowest BCUT2D eigenvalue weighted by molar-refractivity contribution is 0.0506. The highest BCUT2D eigenvalue weighted by molar-refractivity contribution is 6.09.